The Bertz CT molecular complexity index is 953. The quantitative estimate of drug-likeness (QED) is 0.694. The highest BCUT2D eigenvalue weighted by Gasteiger charge is 2.33. The van der Waals surface area contributed by atoms with Crippen molar-refractivity contribution >= 4 is 11.9 Å². The lowest BCUT2D eigenvalue weighted by molar-refractivity contribution is -0.150. The van der Waals surface area contributed by atoms with E-state index in [0.717, 1.165) is 31.2 Å². The lowest BCUT2D eigenvalue weighted by Gasteiger charge is -2.33. The van der Waals surface area contributed by atoms with Gasteiger partial charge in [-0.2, -0.15) is 0 Å². The van der Waals surface area contributed by atoms with Gasteiger partial charge in [0.15, 0.2) is 11.6 Å². The molecule has 2 aromatic carbocycles. The molecule has 0 radical (unpaired) electrons. The molecule has 1 saturated carbocycles. The first kappa shape index (κ1) is 21.3. The Morgan fingerprint density at radius 1 is 1.19 bits per heavy atom. The number of phenolic OH excluding ortho intramolecular Hbond substituents is 1. The van der Waals surface area contributed by atoms with Gasteiger partial charge in [-0.25, -0.2) is 4.39 Å². The van der Waals surface area contributed by atoms with E-state index in [2.05, 4.69) is 0 Å². The molecule has 6 heteroatoms. The third-order valence-corrected chi connectivity index (χ3v) is 6.59. The van der Waals surface area contributed by atoms with Crippen LogP contribution in [-0.4, -0.2) is 34.5 Å². The number of rotatable bonds is 6. The summed E-state index contributed by atoms with van der Waals surface area (Å²) in [5.74, 6) is -0.809. The van der Waals surface area contributed by atoms with Gasteiger partial charge in [0.05, 0.1) is 6.42 Å². The zero-order chi connectivity index (χ0) is 22.0. The SMILES string of the molecule is CC(OC(=O)Cc1ccccc1)C1CCC(CN2Cc3cc(F)c(O)cc3C2=O)CC1. The second-order valence-electron chi connectivity index (χ2n) is 8.78. The molecule has 0 spiro atoms. The molecule has 1 amide bonds. The second-order valence-corrected chi connectivity index (χ2v) is 8.78. The van der Waals surface area contributed by atoms with Crippen molar-refractivity contribution in [2.75, 3.05) is 6.54 Å². The normalized spacial score (nSPS) is 21.6. The van der Waals surface area contributed by atoms with E-state index in [4.69, 9.17) is 4.74 Å². The van der Waals surface area contributed by atoms with Gasteiger partial charge in [-0.15, -0.1) is 0 Å². The Kier molecular flexibility index (Phi) is 6.25. The van der Waals surface area contributed by atoms with Crippen LogP contribution in [0, 0.1) is 17.7 Å². The van der Waals surface area contributed by atoms with Crippen LogP contribution < -0.4 is 0 Å². The molecule has 5 nitrogen and oxygen atoms in total. The summed E-state index contributed by atoms with van der Waals surface area (Å²) in [5, 5.41) is 9.55. The first-order chi connectivity index (χ1) is 14.9. The molecule has 2 aliphatic rings. The highest BCUT2D eigenvalue weighted by atomic mass is 19.1. The van der Waals surface area contributed by atoms with Gasteiger partial charge in [0.1, 0.15) is 6.10 Å². The average Bonchev–Trinajstić information content (AvgIpc) is 3.04. The minimum atomic E-state index is -0.690. The van der Waals surface area contributed by atoms with E-state index in [9.17, 15) is 19.1 Å². The molecule has 0 saturated heterocycles. The van der Waals surface area contributed by atoms with Crippen molar-refractivity contribution in [1.29, 1.82) is 0 Å². The Labute approximate surface area is 181 Å². The van der Waals surface area contributed by atoms with Crippen molar-refractivity contribution < 1.29 is 23.8 Å². The molecule has 1 heterocycles. The number of carbonyl (C=O) groups is 2. The van der Waals surface area contributed by atoms with Crippen molar-refractivity contribution in [2.24, 2.45) is 11.8 Å². The number of amides is 1. The molecule has 1 aliphatic heterocycles. The van der Waals surface area contributed by atoms with E-state index < -0.39 is 11.6 Å². The van der Waals surface area contributed by atoms with Crippen LogP contribution in [0.4, 0.5) is 4.39 Å². The Balaban J connectivity index is 1.24. The number of carbonyl (C=O) groups excluding carboxylic acids is 2. The molecule has 0 aromatic heterocycles. The van der Waals surface area contributed by atoms with Crippen LogP contribution >= 0.6 is 0 Å². The molecule has 1 unspecified atom stereocenters. The van der Waals surface area contributed by atoms with Crippen LogP contribution in [0.3, 0.4) is 0 Å². The molecule has 164 valence electrons. The van der Waals surface area contributed by atoms with Crippen molar-refractivity contribution in [2.45, 2.75) is 51.7 Å². The van der Waals surface area contributed by atoms with E-state index in [0.29, 0.717) is 36.1 Å². The first-order valence-electron chi connectivity index (χ1n) is 10.9. The first-order valence-corrected chi connectivity index (χ1v) is 10.9. The highest BCUT2D eigenvalue weighted by molar-refractivity contribution is 5.98. The maximum absolute atomic E-state index is 13.6. The summed E-state index contributed by atoms with van der Waals surface area (Å²) in [4.78, 5) is 26.6. The summed E-state index contributed by atoms with van der Waals surface area (Å²) in [6.07, 6.45) is 3.99. The Hall–Kier alpha value is -2.89. The topological polar surface area (TPSA) is 66.8 Å². The van der Waals surface area contributed by atoms with Crippen LogP contribution in [-0.2, 0) is 22.5 Å². The third-order valence-electron chi connectivity index (χ3n) is 6.59. The van der Waals surface area contributed by atoms with Crippen molar-refractivity contribution in [1.82, 2.24) is 4.90 Å². The number of ether oxygens (including phenoxy) is 1. The smallest absolute Gasteiger partial charge is 0.310 e. The number of aromatic hydroxyl groups is 1. The minimum absolute atomic E-state index is 0.124. The summed E-state index contributed by atoms with van der Waals surface area (Å²) in [5.41, 5.74) is 1.98. The van der Waals surface area contributed by atoms with E-state index in [1.807, 2.05) is 37.3 Å². The predicted octanol–water partition coefficient (Wildman–Crippen LogP) is 4.47. The van der Waals surface area contributed by atoms with E-state index in [-0.39, 0.29) is 24.4 Å². The fraction of sp³-hybridized carbons (Fsp3) is 0.440. The van der Waals surface area contributed by atoms with Crippen LogP contribution in [0.2, 0.25) is 0 Å². The lowest BCUT2D eigenvalue weighted by Crippen LogP contribution is -2.34. The van der Waals surface area contributed by atoms with Gasteiger partial charge < -0.3 is 14.7 Å². The minimum Gasteiger partial charge on any atom is -0.505 e. The van der Waals surface area contributed by atoms with Crippen molar-refractivity contribution in [3.05, 3.63) is 65.0 Å². The number of halogens is 1. The number of phenols is 1. The highest BCUT2D eigenvalue weighted by Crippen LogP contribution is 2.35. The summed E-state index contributed by atoms with van der Waals surface area (Å²) in [6, 6.07) is 12.1. The fourth-order valence-corrected chi connectivity index (χ4v) is 4.79. The van der Waals surface area contributed by atoms with Crippen molar-refractivity contribution in [3.63, 3.8) is 0 Å². The van der Waals surface area contributed by atoms with Gasteiger partial charge >= 0.3 is 5.97 Å². The van der Waals surface area contributed by atoms with Crippen molar-refractivity contribution in [3.8, 4) is 5.75 Å². The maximum Gasteiger partial charge on any atom is 0.310 e. The largest absolute Gasteiger partial charge is 0.505 e. The van der Waals surface area contributed by atoms with Gasteiger partial charge in [-0.1, -0.05) is 30.3 Å². The summed E-state index contributed by atoms with van der Waals surface area (Å²) >= 11 is 0. The number of benzene rings is 2. The number of hydrogen-bond donors (Lipinski definition) is 1. The van der Waals surface area contributed by atoms with E-state index in [1.54, 1.807) is 4.90 Å². The van der Waals surface area contributed by atoms with Crippen LogP contribution in [0.25, 0.3) is 0 Å². The number of hydrogen-bond acceptors (Lipinski definition) is 4. The van der Waals surface area contributed by atoms with Crippen LogP contribution in [0.15, 0.2) is 42.5 Å². The molecule has 1 N–H and O–H groups in total. The van der Waals surface area contributed by atoms with Gasteiger partial charge in [-0.3, -0.25) is 9.59 Å². The average molecular weight is 426 g/mol. The zero-order valence-electron chi connectivity index (χ0n) is 17.7. The van der Waals surface area contributed by atoms with Gasteiger partial charge in [-0.05, 0) is 67.7 Å². The van der Waals surface area contributed by atoms with Gasteiger partial charge in [0.25, 0.3) is 5.91 Å². The standard InChI is InChI=1S/C25H28FNO4/c1-16(31-24(29)11-17-5-3-2-4-6-17)19-9-7-18(8-10-19)14-27-15-20-12-22(26)23(28)13-21(20)25(27)30/h2-6,12-13,16,18-19,28H,7-11,14-15H2,1H3. The summed E-state index contributed by atoms with van der Waals surface area (Å²) in [6.45, 7) is 2.99. The monoisotopic (exact) mass is 425 g/mol. The number of nitrogens with zero attached hydrogens (tertiary/aromatic N) is 1. The maximum atomic E-state index is 13.6. The molecular weight excluding hydrogens is 397 g/mol. The lowest BCUT2D eigenvalue weighted by atomic mass is 9.79. The molecule has 4 rings (SSSR count). The number of fused-ring (bicyclic) bond motifs is 1. The van der Waals surface area contributed by atoms with E-state index in [1.165, 1.54) is 12.1 Å². The Morgan fingerprint density at radius 2 is 1.90 bits per heavy atom. The predicted molar refractivity (Wildman–Crippen MR) is 114 cm³/mol. The third kappa shape index (κ3) is 4.89. The second kappa shape index (κ2) is 9.08. The molecule has 1 aliphatic carbocycles. The van der Waals surface area contributed by atoms with E-state index >= 15 is 0 Å². The van der Waals surface area contributed by atoms with Crippen LogP contribution in [0.5, 0.6) is 5.75 Å². The molecule has 1 atom stereocenters. The zero-order valence-corrected chi connectivity index (χ0v) is 17.7. The molecule has 31 heavy (non-hydrogen) atoms. The van der Waals surface area contributed by atoms with Gasteiger partial charge in [0, 0.05) is 18.7 Å². The summed E-state index contributed by atoms with van der Waals surface area (Å²) in [7, 11) is 0. The van der Waals surface area contributed by atoms with Gasteiger partial charge in [0.2, 0.25) is 0 Å². The molecular formula is C25H28FNO4. The molecule has 1 fully saturated rings. The Morgan fingerprint density at radius 3 is 2.61 bits per heavy atom. The summed E-state index contributed by atoms with van der Waals surface area (Å²) < 4.78 is 19.3. The molecule has 0 bridgehead atoms. The fourth-order valence-electron chi connectivity index (χ4n) is 4.79. The molecule has 2 aromatic rings. The van der Waals surface area contributed by atoms with Crippen LogP contribution in [0.1, 0.15) is 54.1 Å². The number of esters is 1.